The van der Waals surface area contributed by atoms with Crippen LogP contribution in [0.5, 0.6) is 0 Å². The maximum atomic E-state index is 14.0. The number of hydrogen-bond donors (Lipinski definition) is 1. The van der Waals surface area contributed by atoms with Crippen LogP contribution in [0.4, 0.5) is 8.78 Å². The molecule has 1 aromatic carbocycles. The van der Waals surface area contributed by atoms with Crippen molar-refractivity contribution < 1.29 is 8.78 Å². The molecule has 0 radical (unpaired) electrons. The number of aryl methyl sites for hydroxylation is 1. The minimum Gasteiger partial charge on any atom is -0.305 e. The molecule has 0 saturated carbocycles. The molecule has 0 bridgehead atoms. The Bertz CT molecular complexity index is 558. The fourth-order valence-electron chi connectivity index (χ4n) is 2.05. The van der Waals surface area contributed by atoms with E-state index in [4.69, 9.17) is 0 Å². The van der Waals surface area contributed by atoms with Crippen molar-refractivity contribution in [3.8, 4) is 0 Å². The summed E-state index contributed by atoms with van der Waals surface area (Å²) in [6, 6.07) is 5.50. The van der Waals surface area contributed by atoms with Crippen LogP contribution in [0.15, 0.2) is 28.1 Å². The zero-order chi connectivity index (χ0) is 14.7. The molecule has 20 heavy (non-hydrogen) atoms. The fourth-order valence-corrected chi connectivity index (χ4v) is 3.70. The van der Waals surface area contributed by atoms with E-state index >= 15 is 0 Å². The van der Waals surface area contributed by atoms with Crippen LogP contribution < -0.4 is 5.32 Å². The molecule has 108 valence electrons. The molecule has 0 saturated heterocycles. The van der Waals surface area contributed by atoms with Crippen molar-refractivity contribution in [3.05, 3.63) is 55.7 Å². The summed E-state index contributed by atoms with van der Waals surface area (Å²) in [6.45, 7) is 4.70. The van der Waals surface area contributed by atoms with Gasteiger partial charge in [-0.05, 0) is 59.6 Å². The highest BCUT2D eigenvalue weighted by molar-refractivity contribution is 9.11. The van der Waals surface area contributed by atoms with Crippen LogP contribution >= 0.6 is 27.3 Å². The molecule has 2 aromatic rings. The van der Waals surface area contributed by atoms with E-state index in [-0.39, 0.29) is 5.56 Å². The number of thiophene rings is 1. The van der Waals surface area contributed by atoms with Crippen molar-refractivity contribution in [2.24, 2.45) is 0 Å². The number of rotatable bonds is 5. The second-order valence-electron chi connectivity index (χ2n) is 4.63. The average Bonchev–Trinajstić information content (AvgIpc) is 2.73. The predicted octanol–water partition coefficient (Wildman–Crippen LogP) is 5.19. The van der Waals surface area contributed by atoms with Crippen LogP contribution in [0.2, 0.25) is 0 Å². The van der Waals surface area contributed by atoms with E-state index < -0.39 is 17.7 Å². The van der Waals surface area contributed by atoms with Gasteiger partial charge in [0.25, 0.3) is 0 Å². The first-order valence-electron chi connectivity index (χ1n) is 6.47. The van der Waals surface area contributed by atoms with Gasteiger partial charge in [0.15, 0.2) is 0 Å². The number of nitrogens with one attached hydrogen (secondary N) is 1. The van der Waals surface area contributed by atoms with Gasteiger partial charge in [-0.3, -0.25) is 0 Å². The van der Waals surface area contributed by atoms with Gasteiger partial charge < -0.3 is 5.32 Å². The second kappa shape index (κ2) is 6.78. The van der Waals surface area contributed by atoms with Gasteiger partial charge in [0, 0.05) is 10.4 Å². The van der Waals surface area contributed by atoms with Gasteiger partial charge in [-0.2, -0.15) is 0 Å². The molecule has 0 spiro atoms. The molecule has 5 heteroatoms. The molecule has 1 unspecified atom stereocenters. The Morgan fingerprint density at radius 2 is 1.95 bits per heavy atom. The van der Waals surface area contributed by atoms with Crippen LogP contribution in [0.25, 0.3) is 0 Å². The molecule has 0 aliphatic rings. The highest BCUT2D eigenvalue weighted by atomic mass is 79.9. The van der Waals surface area contributed by atoms with Gasteiger partial charge >= 0.3 is 0 Å². The van der Waals surface area contributed by atoms with Crippen LogP contribution in [-0.4, -0.2) is 6.54 Å². The van der Waals surface area contributed by atoms with Gasteiger partial charge in [0.05, 0.1) is 9.83 Å². The maximum absolute atomic E-state index is 14.0. The molecule has 0 aliphatic heterocycles. The summed E-state index contributed by atoms with van der Waals surface area (Å²) in [5, 5.41) is 3.23. The Balaban J connectivity index is 2.47. The maximum Gasteiger partial charge on any atom is 0.131 e. The van der Waals surface area contributed by atoms with Gasteiger partial charge in [0.2, 0.25) is 0 Å². The van der Waals surface area contributed by atoms with E-state index in [2.05, 4.69) is 21.2 Å². The van der Waals surface area contributed by atoms with Crippen molar-refractivity contribution in [2.75, 3.05) is 6.54 Å². The van der Waals surface area contributed by atoms with E-state index in [0.717, 1.165) is 20.6 Å². The Morgan fingerprint density at radius 3 is 2.45 bits per heavy atom. The fraction of sp³-hybridized carbons (Fsp3) is 0.333. The summed E-state index contributed by atoms with van der Waals surface area (Å²) in [7, 11) is 0. The molecular weight excluding hydrogens is 344 g/mol. The molecule has 1 N–H and O–H groups in total. The van der Waals surface area contributed by atoms with E-state index in [9.17, 15) is 8.78 Å². The molecule has 1 aromatic heterocycles. The van der Waals surface area contributed by atoms with Crippen LogP contribution in [0, 0.1) is 18.6 Å². The zero-order valence-electron chi connectivity index (χ0n) is 11.3. The Kier molecular flexibility index (Phi) is 5.29. The lowest BCUT2D eigenvalue weighted by Gasteiger charge is -2.19. The molecule has 1 atom stereocenters. The summed E-state index contributed by atoms with van der Waals surface area (Å²) in [4.78, 5) is 0.909. The topological polar surface area (TPSA) is 12.0 Å². The van der Waals surface area contributed by atoms with Crippen molar-refractivity contribution in [1.82, 2.24) is 5.32 Å². The quantitative estimate of drug-likeness (QED) is 0.774. The number of halogens is 3. The molecule has 1 heterocycles. The third-order valence-electron chi connectivity index (χ3n) is 3.05. The lowest BCUT2D eigenvalue weighted by atomic mass is 10.0. The minimum absolute atomic E-state index is 0.0923. The molecule has 0 amide bonds. The molecule has 0 aliphatic carbocycles. The van der Waals surface area contributed by atoms with E-state index in [0.29, 0.717) is 6.54 Å². The third kappa shape index (κ3) is 3.27. The molecule has 1 nitrogen and oxygen atoms in total. The molecule has 2 rings (SSSR count). The van der Waals surface area contributed by atoms with Gasteiger partial charge in [-0.15, -0.1) is 11.3 Å². The third-order valence-corrected chi connectivity index (χ3v) is 5.25. The van der Waals surface area contributed by atoms with Crippen molar-refractivity contribution in [2.45, 2.75) is 26.3 Å². The van der Waals surface area contributed by atoms with Gasteiger partial charge in [-0.25, -0.2) is 8.78 Å². The summed E-state index contributed by atoms with van der Waals surface area (Å²) < 4.78 is 29.1. The minimum atomic E-state index is -0.513. The average molecular weight is 360 g/mol. The number of hydrogen-bond acceptors (Lipinski definition) is 2. The summed E-state index contributed by atoms with van der Waals surface area (Å²) in [5.41, 5.74) is 1.17. The first-order valence-corrected chi connectivity index (χ1v) is 8.08. The number of benzene rings is 1. The predicted molar refractivity (Wildman–Crippen MR) is 83.3 cm³/mol. The lowest BCUT2D eigenvalue weighted by molar-refractivity contribution is 0.506. The Morgan fingerprint density at radius 1 is 1.30 bits per heavy atom. The van der Waals surface area contributed by atoms with Crippen LogP contribution in [0.3, 0.4) is 0 Å². The first-order chi connectivity index (χ1) is 9.54. The SMILES string of the molecule is CCCNC(c1cc(C)c(Br)s1)c1c(F)cccc1F. The largest absolute Gasteiger partial charge is 0.305 e. The zero-order valence-corrected chi connectivity index (χ0v) is 13.7. The molecular formula is C15H16BrF2NS. The van der Waals surface area contributed by atoms with Gasteiger partial charge in [0.1, 0.15) is 11.6 Å². The Hall–Kier alpha value is -0.780. The normalized spacial score (nSPS) is 12.7. The second-order valence-corrected chi connectivity index (χ2v) is 7.03. The van der Waals surface area contributed by atoms with Crippen molar-refractivity contribution >= 4 is 27.3 Å². The van der Waals surface area contributed by atoms with E-state index in [1.165, 1.54) is 29.5 Å². The highest BCUT2D eigenvalue weighted by Crippen LogP contribution is 2.36. The standard InChI is InChI=1S/C15H16BrF2NS/c1-3-7-19-14(12-8-9(2)15(16)20-12)13-10(17)5-4-6-11(13)18/h4-6,8,14,19H,3,7H2,1-2H3. The van der Waals surface area contributed by atoms with Crippen molar-refractivity contribution in [3.63, 3.8) is 0 Å². The van der Waals surface area contributed by atoms with E-state index in [1.54, 1.807) is 0 Å². The van der Waals surface area contributed by atoms with Gasteiger partial charge in [-0.1, -0.05) is 13.0 Å². The summed E-state index contributed by atoms with van der Waals surface area (Å²) in [5.74, 6) is -1.03. The first kappa shape index (κ1) is 15.6. The monoisotopic (exact) mass is 359 g/mol. The smallest absolute Gasteiger partial charge is 0.131 e. The van der Waals surface area contributed by atoms with E-state index in [1.807, 2.05) is 19.9 Å². The van der Waals surface area contributed by atoms with Crippen LogP contribution in [-0.2, 0) is 0 Å². The lowest BCUT2D eigenvalue weighted by Crippen LogP contribution is -2.24. The molecule has 0 fully saturated rings. The Labute approximate surface area is 130 Å². The van der Waals surface area contributed by atoms with Crippen molar-refractivity contribution in [1.29, 1.82) is 0 Å². The summed E-state index contributed by atoms with van der Waals surface area (Å²) in [6.07, 6.45) is 0.901. The highest BCUT2D eigenvalue weighted by Gasteiger charge is 2.23. The van der Waals surface area contributed by atoms with Crippen LogP contribution in [0.1, 0.15) is 35.4 Å². The summed E-state index contributed by atoms with van der Waals surface area (Å²) >= 11 is 4.97.